The van der Waals surface area contributed by atoms with Crippen LogP contribution in [0.25, 0.3) is 0 Å². The van der Waals surface area contributed by atoms with Crippen molar-refractivity contribution >= 4 is 5.97 Å². The smallest absolute Gasteiger partial charge is 0.331 e. The molecule has 0 radical (unpaired) electrons. The van der Waals surface area contributed by atoms with Gasteiger partial charge in [-0.1, -0.05) is 71.1 Å². The lowest BCUT2D eigenvalue weighted by Crippen LogP contribution is -2.09. The molecule has 0 heterocycles. The van der Waals surface area contributed by atoms with Gasteiger partial charge < -0.3 is 9.84 Å². The SMILES string of the molecule is CCCCCCCCCCCCCOC(=O)CO. The van der Waals surface area contributed by atoms with Crippen LogP contribution in [0.1, 0.15) is 77.6 Å². The Balaban J connectivity index is 2.97. The van der Waals surface area contributed by atoms with E-state index in [2.05, 4.69) is 6.92 Å². The molecule has 3 nitrogen and oxygen atoms in total. The van der Waals surface area contributed by atoms with Crippen LogP contribution in [0.3, 0.4) is 0 Å². The van der Waals surface area contributed by atoms with Gasteiger partial charge in [0.25, 0.3) is 0 Å². The molecule has 0 amide bonds. The van der Waals surface area contributed by atoms with Crippen LogP contribution in [-0.4, -0.2) is 24.3 Å². The van der Waals surface area contributed by atoms with E-state index in [1.165, 1.54) is 57.8 Å². The summed E-state index contributed by atoms with van der Waals surface area (Å²) in [5.74, 6) is -0.512. The fourth-order valence-electron chi connectivity index (χ4n) is 2.00. The Morgan fingerprint density at radius 2 is 1.28 bits per heavy atom. The highest BCUT2D eigenvalue weighted by atomic mass is 16.5. The van der Waals surface area contributed by atoms with Gasteiger partial charge in [-0.05, 0) is 6.42 Å². The first kappa shape index (κ1) is 17.4. The molecule has 0 aliphatic heterocycles. The van der Waals surface area contributed by atoms with Crippen molar-refractivity contribution in [3.05, 3.63) is 0 Å². The van der Waals surface area contributed by atoms with Crippen LogP contribution in [-0.2, 0) is 9.53 Å². The van der Waals surface area contributed by atoms with Crippen molar-refractivity contribution in [2.75, 3.05) is 13.2 Å². The number of carbonyl (C=O) groups is 1. The minimum atomic E-state index is -0.512. The van der Waals surface area contributed by atoms with E-state index in [0.717, 1.165) is 12.8 Å². The number of hydrogen-bond acceptors (Lipinski definition) is 3. The Morgan fingerprint density at radius 1 is 0.833 bits per heavy atom. The van der Waals surface area contributed by atoms with Crippen molar-refractivity contribution in [1.29, 1.82) is 0 Å². The molecule has 0 bridgehead atoms. The molecule has 0 unspecified atom stereocenters. The van der Waals surface area contributed by atoms with Crippen LogP contribution in [0.5, 0.6) is 0 Å². The van der Waals surface area contributed by atoms with Gasteiger partial charge in [-0.25, -0.2) is 4.79 Å². The summed E-state index contributed by atoms with van der Waals surface area (Å²) in [5, 5.41) is 8.44. The summed E-state index contributed by atoms with van der Waals surface area (Å²) in [7, 11) is 0. The minimum absolute atomic E-state index is 0.455. The van der Waals surface area contributed by atoms with Gasteiger partial charge in [0.2, 0.25) is 0 Å². The molecule has 0 aliphatic rings. The monoisotopic (exact) mass is 258 g/mol. The molecule has 108 valence electrons. The Bertz CT molecular complexity index is 181. The lowest BCUT2D eigenvalue weighted by molar-refractivity contribution is -0.147. The Morgan fingerprint density at radius 3 is 1.72 bits per heavy atom. The molecule has 1 N–H and O–H groups in total. The maximum absolute atomic E-state index is 10.6. The van der Waals surface area contributed by atoms with Crippen LogP contribution in [0.2, 0.25) is 0 Å². The number of carbonyl (C=O) groups excluding carboxylic acids is 1. The second-order valence-electron chi connectivity index (χ2n) is 4.91. The number of aliphatic hydroxyl groups is 1. The predicted octanol–water partition coefficient (Wildman–Crippen LogP) is 3.83. The Kier molecular flexibility index (Phi) is 14.0. The van der Waals surface area contributed by atoms with Crippen molar-refractivity contribution < 1.29 is 14.6 Å². The van der Waals surface area contributed by atoms with E-state index in [-0.39, 0.29) is 0 Å². The number of ether oxygens (including phenoxy) is 1. The summed E-state index contributed by atoms with van der Waals surface area (Å²) in [6.45, 7) is 2.20. The van der Waals surface area contributed by atoms with E-state index < -0.39 is 12.6 Å². The largest absolute Gasteiger partial charge is 0.464 e. The molecular weight excluding hydrogens is 228 g/mol. The molecule has 18 heavy (non-hydrogen) atoms. The van der Waals surface area contributed by atoms with Crippen molar-refractivity contribution in [1.82, 2.24) is 0 Å². The standard InChI is InChI=1S/C15H30O3/c1-2-3-4-5-6-7-8-9-10-11-12-13-18-15(17)14-16/h16H,2-14H2,1H3. The fraction of sp³-hybridized carbons (Fsp3) is 0.933. The van der Waals surface area contributed by atoms with Crippen LogP contribution in [0, 0.1) is 0 Å². The summed E-state index contributed by atoms with van der Waals surface area (Å²) in [6.07, 6.45) is 14.1. The number of esters is 1. The third-order valence-corrected chi connectivity index (χ3v) is 3.14. The first-order valence-corrected chi connectivity index (χ1v) is 7.57. The molecule has 0 atom stereocenters. The zero-order valence-electron chi connectivity index (χ0n) is 12.0. The molecule has 0 saturated carbocycles. The summed E-state index contributed by atoms with van der Waals surface area (Å²) in [5.41, 5.74) is 0. The molecule has 0 fully saturated rings. The van der Waals surface area contributed by atoms with Crippen molar-refractivity contribution in [2.24, 2.45) is 0 Å². The van der Waals surface area contributed by atoms with Gasteiger partial charge in [-0.2, -0.15) is 0 Å². The minimum Gasteiger partial charge on any atom is -0.464 e. The van der Waals surface area contributed by atoms with E-state index in [9.17, 15) is 4.79 Å². The summed E-state index contributed by atoms with van der Waals surface area (Å²) >= 11 is 0. The number of hydrogen-bond donors (Lipinski definition) is 1. The lowest BCUT2D eigenvalue weighted by Gasteiger charge is -2.03. The maximum Gasteiger partial charge on any atom is 0.331 e. The molecule has 0 aromatic rings. The van der Waals surface area contributed by atoms with Crippen molar-refractivity contribution in [2.45, 2.75) is 77.6 Å². The first-order valence-electron chi connectivity index (χ1n) is 7.57. The number of rotatable bonds is 13. The van der Waals surface area contributed by atoms with E-state index in [1.54, 1.807) is 0 Å². The Labute approximate surface area is 112 Å². The average Bonchev–Trinajstić information content (AvgIpc) is 2.39. The van der Waals surface area contributed by atoms with Crippen LogP contribution in [0.4, 0.5) is 0 Å². The Hall–Kier alpha value is -0.570. The maximum atomic E-state index is 10.6. The molecule has 3 heteroatoms. The quantitative estimate of drug-likeness (QED) is 0.403. The highest BCUT2D eigenvalue weighted by Gasteiger charge is 1.98. The van der Waals surface area contributed by atoms with E-state index in [4.69, 9.17) is 9.84 Å². The normalized spacial score (nSPS) is 10.6. The number of aliphatic hydroxyl groups excluding tert-OH is 1. The van der Waals surface area contributed by atoms with Gasteiger partial charge in [0, 0.05) is 0 Å². The van der Waals surface area contributed by atoms with Gasteiger partial charge in [0.1, 0.15) is 6.61 Å². The molecule has 0 spiro atoms. The zero-order valence-corrected chi connectivity index (χ0v) is 12.0. The van der Waals surface area contributed by atoms with E-state index >= 15 is 0 Å². The van der Waals surface area contributed by atoms with Crippen LogP contribution in [0.15, 0.2) is 0 Å². The van der Waals surface area contributed by atoms with Crippen LogP contribution >= 0.6 is 0 Å². The van der Waals surface area contributed by atoms with Gasteiger partial charge in [0.05, 0.1) is 6.61 Å². The van der Waals surface area contributed by atoms with Crippen LogP contribution < -0.4 is 0 Å². The second-order valence-corrected chi connectivity index (χ2v) is 4.91. The van der Waals surface area contributed by atoms with Crippen molar-refractivity contribution in [3.63, 3.8) is 0 Å². The van der Waals surface area contributed by atoms with E-state index in [1.807, 2.05) is 0 Å². The topological polar surface area (TPSA) is 46.5 Å². The zero-order chi connectivity index (χ0) is 13.5. The summed E-state index contributed by atoms with van der Waals surface area (Å²) < 4.78 is 4.78. The van der Waals surface area contributed by atoms with Gasteiger partial charge >= 0.3 is 5.97 Å². The van der Waals surface area contributed by atoms with Gasteiger partial charge in [-0.3, -0.25) is 0 Å². The summed E-state index contributed by atoms with van der Waals surface area (Å²) in [6, 6.07) is 0. The number of unbranched alkanes of at least 4 members (excludes halogenated alkanes) is 10. The first-order chi connectivity index (χ1) is 8.81. The molecule has 0 rings (SSSR count). The third kappa shape index (κ3) is 13.5. The molecule has 0 aromatic heterocycles. The fourth-order valence-corrected chi connectivity index (χ4v) is 2.00. The molecule has 0 aromatic carbocycles. The van der Waals surface area contributed by atoms with E-state index in [0.29, 0.717) is 6.61 Å². The molecular formula is C15H30O3. The molecule has 0 saturated heterocycles. The average molecular weight is 258 g/mol. The summed E-state index contributed by atoms with van der Waals surface area (Å²) in [4.78, 5) is 10.6. The van der Waals surface area contributed by atoms with Gasteiger partial charge in [-0.15, -0.1) is 0 Å². The predicted molar refractivity (Wildman–Crippen MR) is 74.5 cm³/mol. The van der Waals surface area contributed by atoms with Crippen molar-refractivity contribution in [3.8, 4) is 0 Å². The third-order valence-electron chi connectivity index (χ3n) is 3.14. The highest BCUT2D eigenvalue weighted by Crippen LogP contribution is 2.11. The molecule has 0 aliphatic carbocycles. The van der Waals surface area contributed by atoms with Gasteiger partial charge in [0.15, 0.2) is 0 Å². The second kappa shape index (κ2) is 14.5. The lowest BCUT2D eigenvalue weighted by atomic mass is 10.1. The highest BCUT2D eigenvalue weighted by molar-refractivity contribution is 5.70.